The number of hydrogen-bond donors (Lipinski definition) is 4. The minimum absolute atomic E-state index is 0.212. The quantitative estimate of drug-likeness (QED) is 0.423. The summed E-state index contributed by atoms with van der Waals surface area (Å²) in [5.74, 6) is -1.65. The van der Waals surface area contributed by atoms with Crippen LogP contribution in [0, 0.1) is 11.8 Å². The van der Waals surface area contributed by atoms with E-state index in [2.05, 4.69) is 10.6 Å². The van der Waals surface area contributed by atoms with Gasteiger partial charge in [0.25, 0.3) is 5.97 Å². The first-order valence-corrected chi connectivity index (χ1v) is 8.95. The van der Waals surface area contributed by atoms with Gasteiger partial charge in [0.2, 0.25) is 11.8 Å². The second-order valence-corrected chi connectivity index (χ2v) is 7.20. The van der Waals surface area contributed by atoms with Gasteiger partial charge in [-0.15, -0.1) is 0 Å². The van der Waals surface area contributed by atoms with E-state index in [1.54, 1.807) is 6.92 Å². The zero-order chi connectivity index (χ0) is 21.7. The van der Waals surface area contributed by atoms with Gasteiger partial charge >= 0.3 is 5.97 Å². The molecule has 0 aliphatic rings. The predicted molar refractivity (Wildman–Crippen MR) is 102 cm³/mol. The molecule has 2 amide bonds. The molecule has 0 rings (SSSR count). The molecule has 0 aliphatic heterocycles. The molecular formula is C18H35N3O6. The monoisotopic (exact) mass is 389 g/mol. The maximum Gasteiger partial charge on any atom is 0.328 e. The van der Waals surface area contributed by atoms with Crippen molar-refractivity contribution in [3.63, 3.8) is 0 Å². The van der Waals surface area contributed by atoms with Gasteiger partial charge in [-0.1, -0.05) is 27.7 Å². The van der Waals surface area contributed by atoms with Crippen molar-refractivity contribution in [2.24, 2.45) is 17.6 Å². The van der Waals surface area contributed by atoms with E-state index in [9.17, 15) is 14.4 Å². The Morgan fingerprint density at radius 1 is 0.926 bits per heavy atom. The zero-order valence-corrected chi connectivity index (χ0v) is 17.4. The zero-order valence-electron chi connectivity index (χ0n) is 17.4. The molecule has 0 saturated carbocycles. The van der Waals surface area contributed by atoms with Crippen LogP contribution >= 0.6 is 0 Å². The number of aliphatic carboxylic acids is 1. The third-order valence-corrected chi connectivity index (χ3v) is 3.32. The van der Waals surface area contributed by atoms with Crippen molar-refractivity contribution in [1.82, 2.24) is 10.6 Å². The SMILES string of the molecule is CC(=O)O.COC(=O)[C@H](CC(C)C)NC(=O)[C@H](C)NC(=O)[C@@H](N)CC(C)C. The largest absolute Gasteiger partial charge is 0.481 e. The second kappa shape index (κ2) is 14.0. The van der Waals surface area contributed by atoms with E-state index in [-0.39, 0.29) is 17.7 Å². The molecule has 0 aromatic rings. The van der Waals surface area contributed by atoms with Crippen LogP contribution in [-0.2, 0) is 23.9 Å². The molecule has 9 nitrogen and oxygen atoms in total. The number of ether oxygens (including phenoxy) is 1. The van der Waals surface area contributed by atoms with Crippen LogP contribution in [0.3, 0.4) is 0 Å². The highest BCUT2D eigenvalue weighted by Gasteiger charge is 2.26. The first kappa shape index (κ1) is 27.1. The van der Waals surface area contributed by atoms with Crippen LogP contribution in [-0.4, -0.2) is 54.1 Å². The minimum Gasteiger partial charge on any atom is -0.481 e. The van der Waals surface area contributed by atoms with Crippen LogP contribution in [0.15, 0.2) is 0 Å². The number of carboxylic acids is 1. The summed E-state index contributed by atoms with van der Waals surface area (Å²) < 4.78 is 4.70. The van der Waals surface area contributed by atoms with Crippen LogP contribution in [0.25, 0.3) is 0 Å². The van der Waals surface area contributed by atoms with Crippen molar-refractivity contribution in [2.75, 3.05) is 7.11 Å². The number of carbonyl (C=O) groups is 4. The maximum absolute atomic E-state index is 12.2. The third-order valence-electron chi connectivity index (χ3n) is 3.32. The molecule has 0 heterocycles. The first-order chi connectivity index (χ1) is 12.3. The molecule has 0 aliphatic carbocycles. The van der Waals surface area contributed by atoms with Crippen molar-refractivity contribution in [3.8, 4) is 0 Å². The molecule has 0 saturated heterocycles. The van der Waals surface area contributed by atoms with E-state index in [0.717, 1.165) is 6.92 Å². The molecule has 0 radical (unpaired) electrons. The topological polar surface area (TPSA) is 148 Å². The van der Waals surface area contributed by atoms with Crippen LogP contribution in [0.2, 0.25) is 0 Å². The minimum atomic E-state index is -0.833. The standard InChI is InChI=1S/C16H31N3O4.C2H4O2/c1-9(2)7-12(17)15(21)18-11(5)14(20)19-13(8-10(3)4)16(22)23-6;1-2(3)4/h9-13H,7-8,17H2,1-6H3,(H,18,21)(H,19,20);1H3,(H,3,4)/t11-,12-,13-;/m0./s1. The summed E-state index contributed by atoms with van der Waals surface area (Å²) in [5.41, 5.74) is 5.79. The van der Waals surface area contributed by atoms with Gasteiger partial charge in [0, 0.05) is 6.92 Å². The Bertz CT molecular complexity index is 489. The molecule has 5 N–H and O–H groups in total. The van der Waals surface area contributed by atoms with Gasteiger partial charge in [-0.2, -0.15) is 0 Å². The Labute approximate surface area is 161 Å². The molecule has 0 unspecified atom stereocenters. The van der Waals surface area contributed by atoms with E-state index in [0.29, 0.717) is 12.8 Å². The molecular weight excluding hydrogens is 354 g/mol. The van der Waals surface area contributed by atoms with Crippen LogP contribution in [0.5, 0.6) is 0 Å². The fraction of sp³-hybridized carbons (Fsp3) is 0.778. The average molecular weight is 389 g/mol. The fourth-order valence-corrected chi connectivity index (χ4v) is 2.13. The Morgan fingerprint density at radius 2 is 1.37 bits per heavy atom. The van der Waals surface area contributed by atoms with Gasteiger partial charge in [-0.05, 0) is 31.6 Å². The summed E-state index contributed by atoms with van der Waals surface area (Å²) in [7, 11) is 1.28. The van der Waals surface area contributed by atoms with Gasteiger partial charge in [0.1, 0.15) is 12.1 Å². The van der Waals surface area contributed by atoms with Crippen molar-refractivity contribution >= 4 is 23.8 Å². The molecule has 3 atom stereocenters. The van der Waals surface area contributed by atoms with Gasteiger partial charge in [-0.3, -0.25) is 14.4 Å². The molecule has 0 fully saturated rings. The fourth-order valence-electron chi connectivity index (χ4n) is 2.13. The highest BCUT2D eigenvalue weighted by atomic mass is 16.5. The number of methoxy groups -OCH3 is 1. The van der Waals surface area contributed by atoms with E-state index in [4.69, 9.17) is 20.4 Å². The summed E-state index contributed by atoms with van der Waals surface area (Å²) in [6, 6.07) is -2.16. The van der Waals surface area contributed by atoms with Crippen molar-refractivity contribution in [3.05, 3.63) is 0 Å². The number of rotatable bonds is 9. The summed E-state index contributed by atoms with van der Waals surface area (Å²) in [4.78, 5) is 44.8. The van der Waals surface area contributed by atoms with Crippen molar-refractivity contribution < 1.29 is 29.0 Å². The Kier molecular flexibility index (Phi) is 14.0. The lowest BCUT2D eigenvalue weighted by atomic mass is 10.0. The highest BCUT2D eigenvalue weighted by Crippen LogP contribution is 2.07. The number of nitrogens with two attached hydrogens (primary N) is 1. The molecule has 9 heteroatoms. The van der Waals surface area contributed by atoms with Gasteiger partial charge in [0.05, 0.1) is 13.2 Å². The lowest BCUT2D eigenvalue weighted by Crippen LogP contribution is -2.53. The van der Waals surface area contributed by atoms with Crippen molar-refractivity contribution in [1.29, 1.82) is 0 Å². The molecule has 0 aromatic carbocycles. The molecule has 0 aromatic heterocycles. The number of amides is 2. The first-order valence-electron chi connectivity index (χ1n) is 8.95. The van der Waals surface area contributed by atoms with E-state index >= 15 is 0 Å². The summed E-state index contributed by atoms with van der Waals surface area (Å²) in [6.45, 7) is 10.5. The average Bonchev–Trinajstić information content (AvgIpc) is 2.51. The summed E-state index contributed by atoms with van der Waals surface area (Å²) >= 11 is 0. The third kappa shape index (κ3) is 14.7. The predicted octanol–water partition coefficient (Wildman–Crippen LogP) is 0.659. The van der Waals surface area contributed by atoms with Crippen molar-refractivity contribution in [2.45, 2.75) is 72.5 Å². The van der Waals surface area contributed by atoms with Gasteiger partial charge in [0.15, 0.2) is 0 Å². The second-order valence-electron chi connectivity index (χ2n) is 7.20. The summed E-state index contributed by atoms with van der Waals surface area (Å²) in [6.07, 6.45) is 1.00. The normalized spacial score (nSPS) is 13.7. The Morgan fingerprint density at radius 3 is 1.74 bits per heavy atom. The highest BCUT2D eigenvalue weighted by molar-refractivity contribution is 5.91. The molecule has 27 heavy (non-hydrogen) atoms. The molecule has 0 spiro atoms. The number of hydrogen-bond acceptors (Lipinski definition) is 6. The molecule has 0 bridgehead atoms. The Balaban J connectivity index is 0. The lowest BCUT2D eigenvalue weighted by molar-refractivity contribution is -0.145. The Hall–Kier alpha value is -2.16. The lowest BCUT2D eigenvalue weighted by Gasteiger charge is -2.22. The molecule has 158 valence electrons. The van der Waals surface area contributed by atoms with Gasteiger partial charge in [-0.25, -0.2) is 4.79 Å². The maximum atomic E-state index is 12.2. The smallest absolute Gasteiger partial charge is 0.328 e. The van der Waals surface area contributed by atoms with Crippen LogP contribution in [0.1, 0.15) is 54.4 Å². The number of carboxylic acid groups (broad SMARTS) is 1. The van der Waals surface area contributed by atoms with Crippen LogP contribution < -0.4 is 16.4 Å². The number of esters is 1. The van der Waals surface area contributed by atoms with Gasteiger partial charge < -0.3 is 26.2 Å². The number of carbonyl (C=O) groups excluding carboxylic acids is 3. The van der Waals surface area contributed by atoms with E-state index in [1.807, 2.05) is 27.7 Å². The van der Waals surface area contributed by atoms with E-state index in [1.165, 1.54) is 7.11 Å². The van der Waals surface area contributed by atoms with Crippen LogP contribution in [0.4, 0.5) is 0 Å². The van der Waals surface area contributed by atoms with E-state index < -0.39 is 36.0 Å². The summed E-state index contributed by atoms with van der Waals surface area (Å²) in [5, 5.41) is 12.6. The number of nitrogens with one attached hydrogen (secondary N) is 2.